The van der Waals surface area contributed by atoms with Crippen molar-refractivity contribution >= 4 is 63.0 Å². The first-order chi connectivity index (χ1) is 15.0. The number of halogens is 3. The predicted molar refractivity (Wildman–Crippen MR) is 133 cm³/mol. The largest absolute Gasteiger partial charge is 0.456 e. The Morgan fingerprint density at radius 2 is 1.72 bits per heavy atom. The minimum absolute atomic E-state index is 0.254. The lowest BCUT2D eigenvalue weighted by Crippen LogP contribution is -2.27. The maximum absolute atomic E-state index is 13.0. The molecule has 1 unspecified atom stereocenters. The van der Waals surface area contributed by atoms with Gasteiger partial charge >= 0.3 is 5.97 Å². The van der Waals surface area contributed by atoms with Crippen LogP contribution < -0.4 is 5.32 Å². The van der Waals surface area contributed by atoms with E-state index >= 15 is 0 Å². The normalized spacial score (nSPS) is 12.3. The Bertz CT molecular complexity index is 1120. The van der Waals surface area contributed by atoms with E-state index in [2.05, 4.69) is 5.32 Å². The van der Waals surface area contributed by atoms with Crippen LogP contribution in [0, 0.1) is 0 Å². The Hall–Kier alpha value is -2.05. The molecule has 0 aliphatic carbocycles. The average Bonchev–Trinajstić information content (AvgIpc) is 3.12. The van der Waals surface area contributed by atoms with Crippen LogP contribution in [-0.4, -0.2) is 22.9 Å². The molecule has 0 aliphatic heterocycles. The standard InChI is InChI=1S/C24H22Cl3NO3S/c1-24(2,3)31-23(30)20-17(14-8-10-16(25)11-9-14)13-32-22(20)28-21(29)19(27)12-15-6-4-5-7-18(15)26/h4-11,13,19H,12H2,1-3H3,(H,28,29). The van der Waals surface area contributed by atoms with Gasteiger partial charge < -0.3 is 10.1 Å². The molecule has 0 bridgehead atoms. The average molecular weight is 511 g/mol. The summed E-state index contributed by atoms with van der Waals surface area (Å²) in [6, 6.07) is 14.3. The van der Waals surface area contributed by atoms with Gasteiger partial charge in [-0.05, 0) is 56.5 Å². The second-order valence-corrected chi connectivity index (χ2v) is 10.4. The number of hydrogen-bond acceptors (Lipinski definition) is 4. The molecule has 4 nitrogen and oxygen atoms in total. The number of nitrogens with one attached hydrogen (secondary N) is 1. The van der Waals surface area contributed by atoms with Crippen molar-refractivity contribution in [2.45, 2.75) is 38.2 Å². The maximum Gasteiger partial charge on any atom is 0.342 e. The van der Waals surface area contributed by atoms with Crippen LogP contribution in [0.5, 0.6) is 0 Å². The fourth-order valence-electron chi connectivity index (χ4n) is 2.96. The zero-order valence-electron chi connectivity index (χ0n) is 17.7. The van der Waals surface area contributed by atoms with E-state index in [0.29, 0.717) is 20.6 Å². The Morgan fingerprint density at radius 1 is 1.06 bits per heavy atom. The van der Waals surface area contributed by atoms with Crippen molar-refractivity contribution in [3.05, 3.63) is 75.1 Å². The number of carbonyl (C=O) groups is 2. The van der Waals surface area contributed by atoms with Crippen LogP contribution in [0.1, 0.15) is 36.7 Å². The minimum atomic E-state index is -0.873. The van der Waals surface area contributed by atoms with E-state index in [0.717, 1.165) is 11.1 Å². The number of esters is 1. The lowest BCUT2D eigenvalue weighted by molar-refractivity contribution is -0.115. The molecule has 0 saturated carbocycles. The highest BCUT2D eigenvalue weighted by Gasteiger charge is 2.28. The molecule has 3 aromatic rings. The Kier molecular flexibility index (Phi) is 7.88. The summed E-state index contributed by atoms with van der Waals surface area (Å²) in [5.41, 5.74) is 1.78. The van der Waals surface area contributed by atoms with Crippen LogP contribution in [0.15, 0.2) is 53.9 Å². The predicted octanol–water partition coefficient (Wildman–Crippen LogP) is 7.47. The van der Waals surface area contributed by atoms with Gasteiger partial charge in [-0.2, -0.15) is 0 Å². The monoisotopic (exact) mass is 509 g/mol. The van der Waals surface area contributed by atoms with Crippen LogP contribution >= 0.6 is 46.1 Å². The topological polar surface area (TPSA) is 55.4 Å². The summed E-state index contributed by atoms with van der Waals surface area (Å²) in [6.07, 6.45) is 0.254. The Labute approximate surface area is 206 Å². The lowest BCUT2D eigenvalue weighted by atomic mass is 10.0. The zero-order valence-corrected chi connectivity index (χ0v) is 20.8. The van der Waals surface area contributed by atoms with E-state index in [9.17, 15) is 9.59 Å². The fraction of sp³-hybridized carbons (Fsp3) is 0.250. The third-order valence-electron chi connectivity index (χ3n) is 4.43. The summed E-state index contributed by atoms with van der Waals surface area (Å²) in [7, 11) is 0. The first-order valence-corrected chi connectivity index (χ1v) is 11.9. The smallest absolute Gasteiger partial charge is 0.342 e. The molecule has 1 N–H and O–H groups in total. The molecule has 1 amide bonds. The molecule has 0 aliphatic rings. The summed E-state index contributed by atoms with van der Waals surface area (Å²) in [4.78, 5) is 25.9. The van der Waals surface area contributed by atoms with Gasteiger partial charge in [0, 0.05) is 21.0 Å². The summed E-state index contributed by atoms with van der Waals surface area (Å²) in [5.74, 6) is -0.961. The number of thiophene rings is 1. The first kappa shape index (κ1) is 24.6. The van der Waals surface area contributed by atoms with E-state index in [-0.39, 0.29) is 12.0 Å². The van der Waals surface area contributed by atoms with Gasteiger partial charge in [0.15, 0.2) is 0 Å². The summed E-state index contributed by atoms with van der Waals surface area (Å²) < 4.78 is 5.60. The SMILES string of the molecule is CC(C)(C)OC(=O)c1c(-c2ccc(Cl)cc2)csc1NC(=O)C(Cl)Cc1ccccc1Cl. The minimum Gasteiger partial charge on any atom is -0.456 e. The molecule has 0 spiro atoms. The zero-order chi connectivity index (χ0) is 23.5. The van der Waals surface area contributed by atoms with Gasteiger partial charge in [0.25, 0.3) is 0 Å². The number of amides is 1. The van der Waals surface area contributed by atoms with Crippen LogP contribution in [0.2, 0.25) is 10.0 Å². The fourth-order valence-corrected chi connectivity index (χ4v) is 4.48. The molecular formula is C24H22Cl3NO3S. The Balaban J connectivity index is 1.89. The first-order valence-electron chi connectivity index (χ1n) is 9.84. The molecule has 3 rings (SSSR count). The molecule has 8 heteroatoms. The number of benzene rings is 2. The van der Waals surface area contributed by atoms with E-state index < -0.39 is 22.9 Å². The van der Waals surface area contributed by atoms with E-state index in [1.165, 1.54) is 11.3 Å². The van der Waals surface area contributed by atoms with Crippen LogP contribution in [0.25, 0.3) is 11.1 Å². The third-order valence-corrected chi connectivity index (χ3v) is 6.30. The maximum atomic E-state index is 13.0. The molecular weight excluding hydrogens is 489 g/mol. The number of alkyl halides is 1. The summed E-state index contributed by atoms with van der Waals surface area (Å²) >= 11 is 19.8. The van der Waals surface area contributed by atoms with E-state index in [1.807, 2.05) is 30.3 Å². The second kappa shape index (κ2) is 10.3. The molecule has 32 heavy (non-hydrogen) atoms. The molecule has 168 valence electrons. The number of rotatable bonds is 6. The summed E-state index contributed by atoms with van der Waals surface area (Å²) in [6.45, 7) is 5.36. The number of hydrogen-bond donors (Lipinski definition) is 1. The molecule has 0 fully saturated rings. The summed E-state index contributed by atoms with van der Waals surface area (Å²) in [5, 5.41) is 5.23. The number of ether oxygens (including phenoxy) is 1. The van der Waals surface area contributed by atoms with Gasteiger partial charge in [-0.25, -0.2) is 4.79 Å². The lowest BCUT2D eigenvalue weighted by Gasteiger charge is -2.20. The molecule has 0 saturated heterocycles. The van der Waals surface area contributed by atoms with Gasteiger partial charge in [0.2, 0.25) is 5.91 Å². The van der Waals surface area contributed by atoms with Gasteiger partial charge in [0.1, 0.15) is 21.5 Å². The van der Waals surface area contributed by atoms with Crippen molar-refractivity contribution in [3.63, 3.8) is 0 Å². The van der Waals surface area contributed by atoms with Crippen molar-refractivity contribution in [1.82, 2.24) is 0 Å². The van der Waals surface area contributed by atoms with Gasteiger partial charge in [-0.15, -0.1) is 22.9 Å². The highest BCUT2D eigenvalue weighted by atomic mass is 35.5. The number of carbonyl (C=O) groups excluding carboxylic acids is 2. The van der Waals surface area contributed by atoms with Gasteiger partial charge in [0.05, 0.1) is 0 Å². The molecule has 0 radical (unpaired) electrons. The Morgan fingerprint density at radius 3 is 2.34 bits per heavy atom. The van der Waals surface area contributed by atoms with Crippen molar-refractivity contribution < 1.29 is 14.3 Å². The molecule has 1 atom stereocenters. The van der Waals surface area contributed by atoms with Crippen molar-refractivity contribution in [2.24, 2.45) is 0 Å². The van der Waals surface area contributed by atoms with Crippen molar-refractivity contribution in [2.75, 3.05) is 5.32 Å². The third kappa shape index (κ3) is 6.26. The van der Waals surface area contributed by atoms with Gasteiger partial charge in [-0.1, -0.05) is 53.5 Å². The van der Waals surface area contributed by atoms with E-state index in [4.69, 9.17) is 39.5 Å². The molecule has 1 heterocycles. The number of anilines is 1. The highest BCUT2D eigenvalue weighted by molar-refractivity contribution is 7.15. The quantitative estimate of drug-likeness (QED) is 0.276. The molecule has 2 aromatic carbocycles. The van der Waals surface area contributed by atoms with Gasteiger partial charge in [-0.3, -0.25) is 4.79 Å². The second-order valence-electron chi connectivity index (χ2n) is 8.11. The van der Waals surface area contributed by atoms with Crippen LogP contribution in [-0.2, 0) is 16.0 Å². The highest BCUT2D eigenvalue weighted by Crippen LogP contribution is 2.37. The van der Waals surface area contributed by atoms with Crippen LogP contribution in [0.3, 0.4) is 0 Å². The van der Waals surface area contributed by atoms with Crippen molar-refractivity contribution in [3.8, 4) is 11.1 Å². The van der Waals surface area contributed by atoms with Crippen molar-refractivity contribution in [1.29, 1.82) is 0 Å². The van der Waals surface area contributed by atoms with E-state index in [1.54, 1.807) is 44.4 Å². The molecule has 1 aromatic heterocycles. The van der Waals surface area contributed by atoms with Crippen LogP contribution in [0.4, 0.5) is 5.00 Å².